The van der Waals surface area contributed by atoms with Crippen LogP contribution in [0.1, 0.15) is 58.6 Å². The van der Waals surface area contributed by atoms with Crippen LogP contribution in [0.2, 0.25) is 0 Å². The molecule has 0 radical (unpaired) electrons. The van der Waals surface area contributed by atoms with Crippen LogP contribution in [0.3, 0.4) is 0 Å². The molecule has 116 valence electrons. The van der Waals surface area contributed by atoms with E-state index >= 15 is 0 Å². The van der Waals surface area contributed by atoms with E-state index in [-0.39, 0.29) is 0 Å². The van der Waals surface area contributed by atoms with Gasteiger partial charge in [-0.2, -0.15) is 0 Å². The van der Waals surface area contributed by atoms with Gasteiger partial charge in [-0.3, -0.25) is 0 Å². The molecular weight excluding hydrogens is 258 g/mol. The number of ether oxygens (including phenoxy) is 1. The molecule has 4 unspecified atom stereocenters. The van der Waals surface area contributed by atoms with E-state index in [0.717, 1.165) is 11.7 Å². The number of fused-ring (bicyclic) bond motifs is 2. The highest BCUT2D eigenvalue weighted by atomic mass is 16.5. The maximum atomic E-state index is 5.25. The first-order valence-electron chi connectivity index (χ1n) is 8.27. The summed E-state index contributed by atoms with van der Waals surface area (Å²) in [7, 11) is 1.72. The fraction of sp³-hybridized carbons (Fsp3) is 0.684. The number of benzene rings is 1. The molecule has 2 fully saturated rings. The molecule has 2 aliphatic carbocycles. The average Bonchev–Trinajstić information content (AvgIpc) is 2.94. The molecule has 0 spiro atoms. The summed E-state index contributed by atoms with van der Waals surface area (Å²) in [5.41, 5.74) is 2.24. The minimum atomic E-state index is 0.386. The van der Waals surface area contributed by atoms with Crippen LogP contribution in [0.5, 0.6) is 5.75 Å². The minimum Gasteiger partial charge on any atom is -0.497 e. The number of nitrogens with one attached hydrogen (secondary N) is 1. The van der Waals surface area contributed by atoms with Crippen molar-refractivity contribution in [3.8, 4) is 5.75 Å². The van der Waals surface area contributed by atoms with Gasteiger partial charge in [0.25, 0.3) is 0 Å². The van der Waals surface area contributed by atoms with Crippen LogP contribution >= 0.6 is 0 Å². The van der Waals surface area contributed by atoms with Crippen molar-refractivity contribution in [3.63, 3.8) is 0 Å². The Bertz CT molecular complexity index is 502. The molecule has 21 heavy (non-hydrogen) atoms. The van der Waals surface area contributed by atoms with E-state index in [1.54, 1.807) is 7.11 Å². The first kappa shape index (κ1) is 14.9. The van der Waals surface area contributed by atoms with Crippen molar-refractivity contribution in [2.24, 2.45) is 16.7 Å². The van der Waals surface area contributed by atoms with Crippen molar-refractivity contribution in [2.45, 2.75) is 59.0 Å². The Kier molecular flexibility index (Phi) is 3.56. The molecule has 2 bridgehead atoms. The lowest BCUT2D eigenvalue weighted by atomic mass is 9.68. The zero-order valence-electron chi connectivity index (χ0n) is 14.1. The maximum absolute atomic E-state index is 5.25. The summed E-state index contributed by atoms with van der Waals surface area (Å²) in [6.07, 6.45) is 4.19. The molecule has 4 atom stereocenters. The predicted octanol–water partition coefficient (Wildman–Crippen LogP) is 4.56. The molecule has 2 heteroatoms. The molecule has 2 nitrogen and oxygen atoms in total. The smallest absolute Gasteiger partial charge is 0.118 e. The molecule has 3 rings (SSSR count). The molecule has 0 heterocycles. The number of rotatable bonds is 4. The summed E-state index contributed by atoms with van der Waals surface area (Å²) in [5.74, 6) is 1.82. The second-order valence-electron chi connectivity index (χ2n) is 8.01. The number of hydrogen-bond acceptors (Lipinski definition) is 2. The van der Waals surface area contributed by atoms with Crippen LogP contribution in [0.25, 0.3) is 0 Å². The fourth-order valence-corrected chi connectivity index (χ4v) is 4.96. The number of hydrogen-bond donors (Lipinski definition) is 1. The van der Waals surface area contributed by atoms with Crippen LogP contribution in [-0.2, 0) is 0 Å². The van der Waals surface area contributed by atoms with Crippen LogP contribution in [0.15, 0.2) is 24.3 Å². The van der Waals surface area contributed by atoms with E-state index in [1.807, 2.05) is 0 Å². The third-order valence-electron chi connectivity index (χ3n) is 6.30. The van der Waals surface area contributed by atoms with Crippen molar-refractivity contribution >= 4 is 0 Å². The predicted molar refractivity (Wildman–Crippen MR) is 87.6 cm³/mol. The third-order valence-corrected chi connectivity index (χ3v) is 6.30. The second-order valence-corrected chi connectivity index (χ2v) is 8.01. The Morgan fingerprint density at radius 1 is 1.19 bits per heavy atom. The van der Waals surface area contributed by atoms with Gasteiger partial charge in [0.1, 0.15) is 5.75 Å². The molecule has 0 aliphatic heterocycles. The standard InChI is InChI=1S/C19H29NO/c1-13(14-6-8-16(21-5)9-7-14)20-17-18(2,3)15-10-11-19(17,4)12-15/h6-9,13,15,17,20H,10-12H2,1-5H3. The summed E-state index contributed by atoms with van der Waals surface area (Å²) >= 11 is 0. The first-order chi connectivity index (χ1) is 9.87. The Labute approximate surface area is 129 Å². The molecule has 0 saturated heterocycles. The van der Waals surface area contributed by atoms with Gasteiger partial charge in [0.05, 0.1) is 7.11 Å². The van der Waals surface area contributed by atoms with Crippen molar-refractivity contribution in [2.75, 3.05) is 7.11 Å². The molecule has 2 aliphatic rings. The van der Waals surface area contributed by atoms with Gasteiger partial charge in [-0.15, -0.1) is 0 Å². The van der Waals surface area contributed by atoms with Gasteiger partial charge >= 0.3 is 0 Å². The zero-order chi connectivity index (χ0) is 15.3. The summed E-state index contributed by atoms with van der Waals surface area (Å²) in [5, 5.41) is 3.95. The molecule has 0 amide bonds. The van der Waals surface area contributed by atoms with E-state index in [1.165, 1.54) is 24.8 Å². The van der Waals surface area contributed by atoms with E-state index in [2.05, 4.69) is 57.3 Å². The zero-order valence-corrected chi connectivity index (χ0v) is 14.1. The third kappa shape index (κ3) is 2.38. The Balaban J connectivity index is 1.76. The highest BCUT2D eigenvalue weighted by Crippen LogP contribution is 2.62. The number of methoxy groups -OCH3 is 1. The summed E-state index contributed by atoms with van der Waals surface area (Å²) in [6, 6.07) is 9.47. The van der Waals surface area contributed by atoms with Crippen molar-refractivity contribution in [1.29, 1.82) is 0 Å². The first-order valence-corrected chi connectivity index (χ1v) is 8.27. The van der Waals surface area contributed by atoms with Crippen LogP contribution in [-0.4, -0.2) is 13.2 Å². The van der Waals surface area contributed by atoms with Gasteiger partial charge in [-0.05, 0) is 60.6 Å². The maximum Gasteiger partial charge on any atom is 0.118 e. The van der Waals surface area contributed by atoms with E-state index in [4.69, 9.17) is 4.74 Å². The summed E-state index contributed by atoms with van der Waals surface area (Å²) < 4.78 is 5.25. The van der Waals surface area contributed by atoms with E-state index < -0.39 is 0 Å². The van der Waals surface area contributed by atoms with Gasteiger partial charge < -0.3 is 10.1 Å². The lowest BCUT2D eigenvalue weighted by Gasteiger charge is -2.44. The van der Waals surface area contributed by atoms with Gasteiger partial charge in [-0.25, -0.2) is 0 Å². The largest absolute Gasteiger partial charge is 0.497 e. The molecule has 2 saturated carbocycles. The van der Waals surface area contributed by atoms with Gasteiger partial charge in [-0.1, -0.05) is 32.9 Å². The van der Waals surface area contributed by atoms with Crippen molar-refractivity contribution in [1.82, 2.24) is 5.32 Å². The summed E-state index contributed by atoms with van der Waals surface area (Å²) in [4.78, 5) is 0. The normalized spacial score (nSPS) is 34.9. The Morgan fingerprint density at radius 2 is 1.86 bits per heavy atom. The van der Waals surface area contributed by atoms with Crippen LogP contribution in [0.4, 0.5) is 0 Å². The average molecular weight is 287 g/mol. The van der Waals surface area contributed by atoms with E-state index in [0.29, 0.717) is 22.9 Å². The second kappa shape index (κ2) is 5.01. The van der Waals surface area contributed by atoms with Gasteiger partial charge in [0, 0.05) is 12.1 Å². The molecule has 0 aromatic heterocycles. The monoisotopic (exact) mass is 287 g/mol. The van der Waals surface area contributed by atoms with Gasteiger partial charge in [0.15, 0.2) is 0 Å². The molecule has 1 N–H and O–H groups in total. The van der Waals surface area contributed by atoms with Crippen molar-refractivity contribution in [3.05, 3.63) is 29.8 Å². The van der Waals surface area contributed by atoms with Gasteiger partial charge in [0.2, 0.25) is 0 Å². The van der Waals surface area contributed by atoms with Crippen molar-refractivity contribution < 1.29 is 4.74 Å². The molecular formula is C19H29NO. The molecule has 1 aromatic carbocycles. The minimum absolute atomic E-state index is 0.386. The molecule has 1 aromatic rings. The van der Waals surface area contributed by atoms with E-state index in [9.17, 15) is 0 Å². The van der Waals surface area contributed by atoms with Crippen LogP contribution < -0.4 is 10.1 Å². The Morgan fingerprint density at radius 3 is 2.38 bits per heavy atom. The highest BCUT2D eigenvalue weighted by molar-refractivity contribution is 5.29. The summed E-state index contributed by atoms with van der Waals surface area (Å²) in [6.45, 7) is 9.69. The Hall–Kier alpha value is -1.02. The lowest BCUT2D eigenvalue weighted by molar-refractivity contribution is 0.100. The SMILES string of the molecule is COc1ccc(C(C)NC2C3(C)CCC(C3)C2(C)C)cc1. The lowest BCUT2D eigenvalue weighted by Crippen LogP contribution is -2.50. The topological polar surface area (TPSA) is 21.3 Å². The quantitative estimate of drug-likeness (QED) is 0.876. The highest BCUT2D eigenvalue weighted by Gasteiger charge is 2.59. The fourth-order valence-electron chi connectivity index (χ4n) is 4.96. The van der Waals surface area contributed by atoms with Crippen LogP contribution in [0, 0.1) is 16.7 Å².